The van der Waals surface area contributed by atoms with Crippen LogP contribution < -0.4 is 10.6 Å². The van der Waals surface area contributed by atoms with Crippen LogP contribution in [0.5, 0.6) is 0 Å². The number of hydrogen-bond donors (Lipinski definition) is 2. The maximum atomic E-state index is 12.2. The van der Waals surface area contributed by atoms with E-state index in [9.17, 15) is 9.59 Å². The largest absolute Gasteiger partial charge is 0.445 e. The molecule has 2 rings (SSSR count). The summed E-state index contributed by atoms with van der Waals surface area (Å²) in [5.74, 6) is 1.16. The lowest BCUT2D eigenvalue weighted by atomic mass is 9.97. The number of anilines is 2. The van der Waals surface area contributed by atoms with Gasteiger partial charge in [0.15, 0.2) is 5.89 Å². The highest BCUT2D eigenvalue weighted by Crippen LogP contribution is 2.24. The van der Waals surface area contributed by atoms with Crippen molar-refractivity contribution in [1.82, 2.24) is 4.98 Å². The van der Waals surface area contributed by atoms with Crippen molar-refractivity contribution in [3.8, 4) is 0 Å². The van der Waals surface area contributed by atoms with Crippen molar-refractivity contribution in [2.75, 3.05) is 10.6 Å². The van der Waals surface area contributed by atoms with E-state index >= 15 is 0 Å². The maximum absolute atomic E-state index is 12.2. The molecule has 6 nitrogen and oxygen atoms in total. The Labute approximate surface area is 148 Å². The maximum Gasteiger partial charge on any atom is 0.224 e. The van der Waals surface area contributed by atoms with Gasteiger partial charge in [-0.2, -0.15) is 0 Å². The average Bonchev–Trinajstić information content (AvgIpc) is 2.86. The van der Waals surface area contributed by atoms with Crippen LogP contribution in [0.3, 0.4) is 0 Å². The van der Waals surface area contributed by atoms with E-state index in [2.05, 4.69) is 15.6 Å². The Morgan fingerprint density at radius 1 is 1.16 bits per heavy atom. The van der Waals surface area contributed by atoms with Crippen molar-refractivity contribution in [1.29, 1.82) is 0 Å². The van der Waals surface area contributed by atoms with Crippen LogP contribution in [0.1, 0.15) is 51.5 Å². The summed E-state index contributed by atoms with van der Waals surface area (Å²) in [4.78, 5) is 27.7. The van der Waals surface area contributed by atoms with Crippen LogP contribution in [0.2, 0.25) is 0 Å². The van der Waals surface area contributed by atoms with E-state index in [4.69, 9.17) is 4.42 Å². The molecule has 0 bridgehead atoms. The van der Waals surface area contributed by atoms with E-state index < -0.39 is 0 Å². The first-order valence-corrected chi connectivity index (χ1v) is 8.29. The van der Waals surface area contributed by atoms with Gasteiger partial charge in [-0.1, -0.05) is 26.8 Å². The van der Waals surface area contributed by atoms with Gasteiger partial charge < -0.3 is 15.1 Å². The summed E-state index contributed by atoms with van der Waals surface area (Å²) in [6, 6.07) is 7.04. The van der Waals surface area contributed by atoms with Gasteiger partial charge in [0.2, 0.25) is 11.8 Å². The van der Waals surface area contributed by atoms with Gasteiger partial charge in [-0.25, -0.2) is 4.98 Å². The summed E-state index contributed by atoms with van der Waals surface area (Å²) >= 11 is 0. The van der Waals surface area contributed by atoms with Crippen LogP contribution in [-0.4, -0.2) is 16.8 Å². The summed E-state index contributed by atoms with van der Waals surface area (Å²) in [5, 5.41) is 5.52. The second-order valence-electron chi connectivity index (χ2n) is 7.09. The Bertz CT molecular complexity index is 772. The number of amides is 2. The molecule has 2 aromatic rings. The number of benzene rings is 1. The number of nitrogens with zero attached hydrogens (tertiary/aromatic N) is 1. The summed E-state index contributed by atoms with van der Waals surface area (Å²) in [6.07, 6.45) is 0.788. The molecule has 0 atom stereocenters. The number of rotatable bonds is 5. The van der Waals surface area contributed by atoms with Crippen molar-refractivity contribution >= 4 is 23.2 Å². The Kier molecular flexibility index (Phi) is 5.62. The fourth-order valence-electron chi connectivity index (χ4n) is 2.31. The Hall–Kier alpha value is -2.63. The van der Waals surface area contributed by atoms with Gasteiger partial charge in [0.25, 0.3) is 0 Å². The summed E-state index contributed by atoms with van der Waals surface area (Å²) in [7, 11) is 0. The minimum absolute atomic E-state index is 0.118. The summed E-state index contributed by atoms with van der Waals surface area (Å²) in [6.45, 7) is 9.45. The lowest BCUT2D eigenvalue weighted by molar-refractivity contribution is -0.116. The van der Waals surface area contributed by atoms with Crippen LogP contribution in [0.25, 0.3) is 0 Å². The molecule has 0 saturated carbocycles. The quantitative estimate of drug-likeness (QED) is 0.864. The predicted octanol–water partition coefficient (Wildman–Crippen LogP) is 3.81. The Morgan fingerprint density at radius 3 is 2.36 bits per heavy atom. The second-order valence-corrected chi connectivity index (χ2v) is 7.09. The molecule has 1 heterocycles. The molecule has 0 aliphatic heterocycles. The van der Waals surface area contributed by atoms with Crippen molar-refractivity contribution in [3.05, 3.63) is 41.6 Å². The van der Waals surface area contributed by atoms with E-state index in [0.717, 1.165) is 11.5 Å². The van der Waals surface area contributed by atoms with E-state index in [0.29, 0.717) is 30.1 Å². The van der Waals surface area contributed by atoms with Gasteiger partial charge in [-0.15, -0.1) is 0 Å². The highest BCUT2D eigenvalue weighted by Gasteiger charge is 2.22. The summed E-state index contributed by atoms with van der Waals surface area (Å²) in [5.41, 5.74) is 1.95. The van der Waals surface area contributed by atoms with E-state index in [-0.39, 0.29) is 17.2 Å². The fourth-order valence-corrected chi connectivity index (χ4v) is 2.31. The zero-order valence-corrected chi connectivity index (χ0v) is 15.4. The number of aromatic nitrogens is 1. The lowest BCUT2D eigenvalue weighted by Crippen LogP contribution is -2.13. The van der Waals surface area contributed by atoms with Crippen molar-refractivity contribution in [2.24, 2.45) is 0 Å². The van der Waals surface area contributed by atoms with Gasteiger partial charge >= 0.3 is 0 Å². The van der Waals surface area contributed by atoms with Gasteiger partial charge in [-0.05, 0) is 25.1 Å². The third-order valence-corrected chi connectivity index (χ3v) is 3.58. The number of carbonyl (C=O) groups is 2. The molecule has 25 heavy (non-hydrogen) atoms. The summed E-state index contributed by atoms with van der Waals surface area (Å²) < 4.78 is 5.80. The first kappa shape index (κ1) is 18.7. The highest BCUT2D eigenvalue weighted by molar-refractivity contribution is 5.93. The minimum atomic E-state index is -0.157. The molecule has 6 heteroatoms. The number of hydrogen-bond acceptors (Lipinski definition) is 4. The fraction of sp³-hybridized carbons (Fsp3) is 0.421. The third-order valence-electron chi connectivity index (χ3n) is 3.58. The van der Waals surface area contributed by atoms with Gasteiger partial charge in [0.1, 0.15) is 5.76 Å². The van der Waals surface area contributed by atoms with Gasteiger partial charge in [0.05, 0.1) is 5.69 Å². The number of oxazole rings is 1. The molecule has 2 N–H and O–H groups in total. The zero-order valence-electron chi connectivity index (χ0n) is 15.4. The van der Waals surface area contributed by atoms with Gasteiger partial charge in [0, 0.05) is 36.6 Å². The minimum Gasteiger partial charge on any atom is -0.445 e. The normalized spacial score (nSPS) is 11.2. The lowest BCUT2D eigenvalue weighted by Gasteiger charge is -2.12. The van der Waals surface area contributed by atoms with Crippen LogP contribution in [0.4, 0.5) is 11.4 Å². The molecule has 0 aliphatic carbocycles. The van der Waals surface area contributed by atoms with Crippen LogP contribution >= 0.6 is 0 Å². The molecule has 0 radical (unpaired) electrons. The average molecular weight is 343 g/mol. The van der Waals surface area contributed by atoms with Crippen molar-refractivity contribution in [3.63, 3.8) is 0 Å². The van der Waals surface area contributed by atoms with Crippen LogP contribution in [-0.2, 0) is 21.4 Å². The predicted molar refractivity (Wildman–Crippen MR) is 97.6 cm³/mol. The molecular weight excluding hydrogens is 318 g/mol. The molecular formula is C19H25N3O3. The molecule has 1 aromatic heterocycles. The standard InChI is InChI=1S/C19H25N3O3/c1-12-16(25-18(20-12)19(3,4)5)9-10-17(24)22-15-8-6-7-14(11-15)21-13(2)23/h6-8,11H,9-10H2,1-5H3,(H,21,23)(H,22,24). The monoisotopic (exact) mass is 343 g/mol. The molecule has 134 valence electrons. The smallest absolute Gasteiger partial charge is 0.224 e. The Morgan fingerprint density at radius 2 is 1.80 bits per heavy atom. The van der Waals surface area contributed by atoms with Crippen LogP contribution in [0.15, 0.2) is 28.7 Å². The molecule has 2 amide bonds. The molecule has 1 aromatic carbocycles. The first-order chi connectivity index (χ1) is 11.6. The number of aryl methyl sites for hydroxylation is 2. The SMILES string of the molecule is CC(=O)Nc1cccc(NC(=O)CCc2oc(C(C)(C)C)nc2C)c1. The molecule has 0 unspecified atom stereocenters. The zero-order chi connectivity index (χ0) is 18.6. The van der Waals surface area contributed by atoms with Crippen molar-refractivity contribution in [2.45, 2.75) is 52.9 Å². The van der Waals surface area contributed by atoms with E-state index in [1.807, 2.05) is 27.7 Å². The highest BCUT2D eigenvalue weighted by atomic mass is 16.4. The molecule has 0 aliphatic rings. The molecule has 0 spiro atoms. The number of nitrogens with one attached hydrogen (secondary N) is 2. The molecule has 0 saturated heterocycles. The number of carbonyl (C=O) groups excluding carboxylic acids is 2. The topological polar surface area (TPSA) is 84.2 Å². The third kappa shape index (κ3) is 5.45. The van der Waals surface area contributed by atoms with Gasteiger partial charge in [-0.3, -0.25) is 9.59 Å². The molecule has 0 fully saturated rings. The Balaban J connectivity index is 1.95. The first-order valence-electron chi connectivity index (χ1n) is 8.29. The van der Waals surface area contributed by atoms with Crippen LogP contribution in [0, 0.1) is 6.92 Å². The van der Waals surface area contributed by atoms with E-state index in [1.165, 1.54) is 6.92 Å². The van der Waals surface area contributed by atoms with E-state index in [1.54, 1.807) is 24.3 Å². The second kappa shape index (κ2) is 7.51. The van der Waals surface area contributed by atoms with Crippen molar-refractivity contribution < 1.29 is 14.0 Å².